The monoisotopic (exact) mass is 459 g/mol. The van der Waals surface area contributed by atoms with Crippen molar-refractivity contribution >= 4 is 28.4 Å². The summed E-state index contributed by atoms with van der Waals surface area (Å²) in [5.41, 5.74) is 0.546. The Kier molecular flexibility index (Phi) is 9.83. The zero-order valence-electron chi connectivity index (χ0n) is 19.2. The fraction of sp³-hybridized carbons (Fsp3) is 0.455. The first-order chi connectivity index (χ1) is 15.7. The van der Waals surface area contributed by atoms with E-state index < -0.39 is 15.5 Å². The summed E-state index contributed by atoms with van der Waals surface area (Å²) >= 11 is 0. The maximum Gasteiger partial charge on any atom is 0.303 e. The minimum atomic E-state index is -0.722. The lowest BCUT2D eigenvalue weighted by Gasteiger charge is -2.24. The Morgan fingerprint density at radius 1 is 0.970 bits per heavy atom. The molecule has 0 unspecified atom stereocenters. The van der Waals surface area contributed by atoms with E-state index in [1.54, 1.807) is 12.1 Å². The van der Waals surface area contributed by atoms with E-state index in [2.05, 4.69) is 29.0 Å². The molecule has 11 nitrogen and oxygen atoms in total. The molecular formula is C22H29N5O6. The number of hydrogen-bond acceptors (Lipinski definition) is 9. The van der Waals surface area contributed by atoms with Crippen LogP contribution in [0, 0.1) is 26.1 Å². The molecular weight excluding hydrogens is 430 g/mol. The number of nitrogens with zero attached hydrogens (tertiary/aromatic N) is 5. The molecule has 0 saturated carbocycles. The highest BCUT2D eigenvalue weighted by atomic mass is 16.7. The number of hydrogen-bond donors (Lipinski definition) is 0. The van der Waals surface area contributed by atoms with Crippen molar-refractivity contribution in [1.29, 1.82) is 0 Å². The van der Waals surface area contributed by atoms with Gasteiger partial charge in [0.1, 0.15) is 0 Å². The molecule has 178 valence electrons. The Balaban J connectivity index is 2.00. The van der Waals surface area contributed by atoms with Gasteiger partial charge in [0.25, 0.3) is 5.69 Å². The molecule has 0 N–H and O–H groups in total. The number of rotatable bonds is 13. The van der Waals surface area contributed by atoms with Crippen molar-refractivity contribution in [3.8, 4) is 0 Å². The Morgan fingerprint density at radius 2 is 1.67 bits per heavy atom. The smallest absolute Gasteiger partial charge is 0.303 e. The van der Waals surface area contributed by atoms with E-state index in [4.69, 9.17) is 9.47 Å². The molecule has 1 atom stereocenters. The second-order valence-corrected chi connectivity index (χ2v) is 7.65. The number of nitro benzene ring substituents is 2. The van der Waals surface area contributed by atoms with Gasteiger partial charge in [0.05, 0.1) is 34.8 Å². The number of likely N-dealkylation sites (N-methyl/N-ethyl adjacent to an activating group) is 1. The number of non-ortho nitro benzene ring substituents is 1. The van der Waals surface area contributed by atoms with Gasteiger partial charge in [0, 0.05) is 24.8 Å². The molecule has 0 saturated heterocycles. The minimum Gasteiger partial charge on any atom is -0.369 e. The molecule has 11 heteroatoms. The van der Waals surface area contributed by atoms with Crippen LogP contribution in [-0.4, -0.2) is 42.4 Å². The van der Waals surface area contributed by atoms with Crippen LogP contribution < -0.4 is 4.90 Å². The third kappa shape index (κ3) is 8.20. The predicted molar refractivity (Wildman–Crippen MR) is 124 cm³/mol. The Labute approximate surface area is 192 Å². The van der Waals surface area contributed by atoms with Crippen LogP contribution in [0.15, 0.2) is 52.7 Å². The third-order valence-electron chi connectivity index (χ3n) is 4.61. The standard InChI is InChI=1S/C22H29N5O6/c1-5-25(12-13-32-17(4)33-15-16(2)3)19-8-6-18(7-9-19)23-24-21-11-10-20(26(28)29)14-22(21)27(30)31/h6-11,14,16-17H,5,12-13,15H2,1-4H3/t17-/m0/s1. The fourth-order valence-corrected chi connectivity index (χ4v) is 2.87. The number of nitro groups is 2. The highest BCUT2D eigenvalue weighted by molar-refractivity contribution is 5.62. The van der Waals surface area contributed by atoms with Crippen molar-refractivity contribution in [2.75, 3.05) is 31.2 Å². The van der Waals surface area contributed by atoms with Crippen LogP contribution in [0.3, 0.4) is 0 Å². The molecule has 2 aromatic carbocycles. The fourth-order valence-electron chi connectivity index (χ4n) is 2.87. The van der Waals surface area contributed by atoms with Crippen molar-refractivity contribution in [3.05, 3.63) is 62.7 Å². The van der Waals surface area contributed by atoms with Crippen LogP contribution in [0.5, 0.6) is 0 Å². The zero-order valence-corrected chi connectivity index (χ0v) is 19.2. The molecule has 0 aliphatic heterocycles. The molecule has 0 aliphatic carbocycles. The first-order valence-corrected chi connectivity index (χ1v) is 10.6. The summed E-state index contributed by atoms with van der Waals surface area (Å²) in [6.07, 6.45) is -0.266. The van der Waals surface area contributed by atoms with Crippen LogP contribution in [0.2, 0.25) is 0 Å². The van der Waals surface area contributed by atoms with Crippen LogP contribution in [0.4, 0.5) is 28.4 Å². The van der Waals surface area contributed by atoms with Gasteiger partial charge in [-0.3, -0.25) is 20.2 Å². The summed E-state index contributed by atoms with van der Waals surface area (Å²) in [6.45, 7) is 10.7. The second-order valence-electron chi connectivity index (χ2n) is 7.65. The molecule has 2 aromatic rings. The van der Waals surface area contributed by atoms with Crippen molar-refractivity contribution in [1.82, 2.24) is 0 Å². The topological polar surface area (TPSA) is 133 Å². The summed E-state index contributed by atoms with van der Waals surface area (Å²) in [7, 11) is 0. The summed E-state index contributed by atoms with van der Waals surface area (Å²) in [6, 6.07) is 10.5. The van der Waals surface area contributed by atoms with Crippen molar-refractivity contribution in [2.45, 2.75) is 34.0 Å². The van der Waals surface area contributed by atoms with E-state index in [-0.39, 0.29) is 17.7 Å². The van der Waals surface area contributed by atoms with Crippen molar-refractivity contribution in [3.63, 3.8) is 0 Å². The highest BCUT2D eigenvalue weighted by Crippen LogP contribution is 2.32. The van der Waals surface area contributed by atoms with Gasteiger partial charge in [0.15, 0.2) is 12.0 Å². The molecule has 0 amide bonds. The summed E-state index contributed by atoms with van der Waals surface area (Å²) in [5, 5.41) is 30.0. The van der Waals surface area contributed by atoms with Crippen molar-refractivity contribution < 1.29 is 19.3 Å². The average molecular weight is 460 g/mol. The van der Waals surface area contributed by atoms with E-state index in [0.29, 0.717) is 31.4 Å². The number of anilines is 1. The van der Waals surface area contributed by atoms with Crippen LogP contribution >= 0.6 is 0 Å². The zero-order chi connectivity index (χ0) is 24.4. The number of benzene rings is 2. The van der Waals surface area contributed by atoms with Crippen LogP contribution in [0.25, 0.3) is 0 Å². The van der Waals surface area contributed by atoms with Gasteiger partial charge in [-0.25, -0.2) is 0 Å². The van der Waals surface area contributed by atoms with Gasteiger partial charge < -0.3 is 14.4 Å². The van der Waals surface area contributed by atoms with Crippen LogP contribution in [0.1, 0.15) is 27.7 Å². The SMILES string of the molecule is CCN(CCO[C@H](C)OCC(C)C)c1ccc(N=Nc2ccc([N+](=O)[O-])cc2[N+](=O)[O-])cc1. The van der Waals surface area contributed by atoms with E-state index in [9.17, 15) is 20.2 Å². The van der Waals surface area contributed by atoms with E-state index in [1.165, 1.54) is 6.07 Å². The molecule has 0 spiro atoms. The Morgan fingerprint density at radius 3 is 2.24 bits per heavy atom. The maximum atomic E-state index is 11.2. The molecule has 0 heterocycles. The molecule has 0 radical (unpaired) electrons. The number of ether oxygens (including phenoxy) is 2. The largest absolute Gasteiger partial charge is 0.369 e. The highest BCUT2D eigenvalue weighted by Gasteiger charge is 2.19. The Bertz CT molecular complexity index is 964. The van der Waals surface area contributed by atoms with Crippen molar-refractivity contribution in [2.24, 2.45) is 16.1 Å². The normalized spacial score (nSPS) is 12.3. The van der Waals surface area contributed by atoms with Gasteiger partial charge in [-0.1, -0.05) is 13.8 Å². The molecule has 0 aromatic heterocycles. The quantitative estimate of drug-likeness (QED) is 0.160. The van der Waals surface area contributed by atoms with E-state index in [0.717, 1.165) is 24.4 Å². The molecule has 2 rings (SSSR count). The molecule has 0 aliphatic rings. The third-order valence-corrected chi connectivity index (χ3v) is 4.61. The minimum absolute atomic E-state index is 0.0594. The summed E-state index contributed by atoms with van der Waals surface area (Å²) < 4.78 is 11.3. The number of azo groups is 1. The summed E-state index contributed by atoms with van der Waals surface area (Å²) in [5.74, 6) is 0.449. The maximum absolute atomic E-state index is 11.2. The molecule has 33 heavy (non-hydrogen) atoms. The lowest BCUT2D eigenvalue weighted by molar-refractivity contribution is -0.393. The van der Waals surface area contributed by atoms with Gasteiger partial charge in [-0.2, -0.15) is 5.11 Å². The molecule has 0 bridgehead atoms. The van der Waals surface area contributed by atoms with Gasteiger partial charge in [0.2, 0.25) is 0 Å². The van der Waals surface area contributed by atoms with E-state index in [1.807, 2.05) is 26.0 Å². The first kappa shape index (κ1) is 25.8. The van der Waals surface area contributed by atoms with Crippen LogP contribution in [-0.2, 0) is 9.47 Å². The average Bonchev–Trinajstić information content (AvgIpc) is 2.79. The predicted octanol–water partition coefficient (Wildman–Crippen LogP) is 5.78. The van der Waals surface area contributed by atoms with E-state index >= 15 is 0 Å². The Hall–Kier alpha value is -3.44. The molecule has 0 fully saturated rings. The van der Waals surface area contributed by atoms with Gasteiger partial charge in [-0.15, -0.1) is 5.11 Å². The van der Waals surface area contributed by atoms with Gasteiger partial charge in [-0.05, 0) is 50.1 Å². The summed E-state index contributed by atoms with van der Waals surface area (Å²) in [4.78, 5) is 22.8. The lowest BCUT2D eigenvalue weighted by atomic mass is 10.2. The second kappa shape index (κ2) is 12.6. The first-order valence-electron chi connectivity index (χ1n) is 10.6. The lowest BCUT2D eigenvalue weighted by Crippen LogP contribution is -2.29. The van der Waals surface area contributed by atoms with Gasteiger partial charge >= 0.3 is 5.69 Å².